The zero-order valence-electron chi connectivity index (χ0n) is 12.7. The number of H-pyrrole nitrogens is 1. The monoisotopic (exact) mass is 358 g/mol. The second kappa shape index (κ2) is 6.74. The number of hydrogen-bond acceptors (Lipinski definition) is 5. The molecule has 0 spiro atoms. The lowest BCUT2D eigenvalue weighted by Crippen LogP contribution is -2.14. The Morgan fingerprint density at radius 2 is 1.92 bits per heavy atom. The fourth-order valence-corrected chi connectivity index (χ4v) is 2.62. The minimum absolute atomic E-state index is 0.0426. The van der Waals surface area contributed by atoms with Gasteiger partial charge in [-0.25, -0.2) is 4.79 Å². The lowest BCUT2D eigenvalue weighted by molar-refractivity contribution is -0.384. The van der Waals surface area contributed by atoms with E-state index >= 15 is 0 Å². The maximum absolute atomic E-state index is 12.3. The number of rotatable bonds is 5. The Hall–Kier alpha value is -3.19. The van der Waals surface area contributed by atoms with E-state index in [1.807, 2.05) is 12.1 Å². The van der Waals surface area contributed by atoms with Gasteiger partial charge in [-0.3, -0.25) is 14.9 Å². The van der Waals surface area contributed by atoms with Gasteiger partial charge < -0.3 is 9.72 Å². The Bertz CT molecular complexity index is 996. The van der Waals surface area contributed by atoms with Crippen LogP contribution in [-0.2, 0) is 4.74 Å². The van der Waals surface area contributed by atoms with Crippen LogP contribution in [0.15, 0.2) is 48.7 Å². The maximum atomic E-state index is 12.3. The molecule has 0 aliphatic heterocycles. The van der Waals surface area contributed by atoms with Crippen molar-refractivity contribution in [2.24, 2.45) is 0 Å². The Morgan fingerprint density at radius 3 is 2.64 bits per heavy atom. The van der Waals surface area contributed by atoms with Crippen LogP contribution in [0.3, 0.4) is 0 Å². The van der Waals surface area contributed by atoms with Gasteiger partial charge >= 0.3 is 5.97 Å². The van der Waals surface area contributed by atoms with Crippen molar-refractivity contribution in [3.8, 4) is 0 Å². The number of aromatic amines is 1. The van der Waals surface area contributed by atoms with E-state index in [0.29, 0.717) is 5.56 Å². The standard InChI is InChI=1S/C17H11ClN2O5/c18-14-7-10(20(23)24)5-6-12(14)17(22)25-9-16(21)13-8-19-15-4-2-1-3-11(13)15/h1-8,19H,9H2. The van der Waals surface area contributed by atoms with Gasteiger partial charge in [0.05, 0.1) is 15.5 Å². The van der Waals surface area contributed by atoms with Crippen LogP contribution in [0.4, 0.5) is 5.69 Å². The topological polar surface area (TPSA) is 102 Å². The molecule has 0 fully saturated rings. The number of nitrogens with one attached hydrogen (secondary N) is 1. The number of ketones is 1. The molecule has 1 aromatic heterocycles. The summed E-state index contributed by atoms with van der Waals surface area (Å²) in [4.78, 5) is 37.3. The van der Waals surface area contributed by atoms with Gasteiger partial charge in [-0.15, -0.1) is 0 Å². The molecule has 25 heavy (non-hydrogen) atoms. The van der Waals surface area contributed by atoms with Gasteiger partial charge in [0.25, 0.3) is 5.69 Å². The summed E-state index contributed by atoms with van der Waals surface area (Å²) in [6.45, 7) is -0.464. The summed E-state index contributed by atoms with van der Waals surface area (Å²) in [7, 11) is 0. The van der Waals surface area contributed by atoms with Crippen LogP contribution in [-0.4, -0.2) is 28.3 Å². The highest BCUT2D eigenvalue weighted by molar-refractivity contribution is 6.33. The molecular weight excluding hydrogens is 348 g/mol. The third kappa shape index (κ3) is 3.36. The van der Waals surface area contributed by atoms with Crippen LogP contribution in [0.5, 0.6) is 0 Å². The van der Waals surface area contributed by atoms with Gasteiger partial charge in [0.2, 0.25) is 5.78 Å². The molecule has 1 heterocycles. The molecule has 8 heteroatoms. The SMILES string of the molecule is O=C(OCC(=O)c1c[nH]c2ccccc12)c1ccc([N+](=O)[O-])cc1Cl. The predicted octanol–water partition coefficient (Wildman–Crippen LogP) is 3.77. The maximum Gasteiger partial charge on any atom is 0.340 e. The number of nitro groups is 1. The van der Waals surface area contributed by atoms with Crippen LogP contribution in [0.25, 0.3) is 10.9 Å². The van der Waals surface area contributed by atoms with Crippen molar-refractivity contribution in [1.29, 1.82) is 0 Å². The Kier molecular flexibility index (Phi) is 4.49. The first-order valence-electron chi connectivity index (χ1n) is 7.18. The van der Waals surface area contributed by atoms with Crippen molar-refractivity contribution in [2.45, 2.75) is 0 Å². The average molecular weight is 359 g/mol. The summed E-state index contributed by atoms with van der Waals surface area (Å²) >= 11 is 5.87. The molecule has 0 saturated heterocycles. The molecular formula is C17H11ClN2O5. The van der Waals surface area contributed by atoms with E-state index in [1.165, 1.54) is 6.07 Å². The molecule has 0 radical (unpaired) electrons. The molecule has 0 bridgehead atoms. The lowest BCUT2D eigenvalue weighted by atomic mass is 10.1. The fourth-order valence-electron chi connectivity index (χ4n) is 2.37. The Morgan fingerprint density at radius 1 is 1.16 bits per heavy atom. The lowest BCUT2D eigenvalue weighted by Gasteiger charge is -2.05. The molecule has 0 unspecified atom stereocenters. The van der Waals surface area contributed by atoms with Crippen molar-refractivity contribution >= 4 is 39.9 Å². The van der Waals surface area contributed by atoms with E-state index in [9.17, 15) is 19.7 Å². The number of ether oxygens (including phenoxy) is 1. The number of esters is 1. The first-order valence-corrected chi connectivity index (χ1v) is 7.55. The molecule has 2 aromatic carbocycles. The second-order valence-corrected chi connectivity index (χ2v) is 5.58. The summed E-state index contributed by atoms with van der Waals surface area (Å²) in [5.74, 6) is -1.20. The number of para-hydroxylation sites is 1. The number of fused-ring (bicyclic) bond motifs is 1. The van der Waals surface area contributed by atoms with Gasteiger partial charge in [0.1, 0.15) is 0 Å². The number of benzene rings is 2. The molecule has 7 nitrogen and oxygen atoms in total. The normalized spacial score (nSPS) is 10.6. The van der Waals surface area contributed by atoms with Crippen LogP contribution >= 0.6 is 11.6 Å². The Labute approximate surface area is 146 Å². The molecule has 0 atom stereocenters. The molecule has 0 aliphatic carbocycles. The number of Topliss-reactive ketones (excluding diaryl/α,β-unsaturated/α-hetero) is 1. The molecule has 3 rings (SSSR count). The zero-order valence-corrected chi connectivity index (χ0v) is 13.4. The average Bonchev–Trinajstić information content (AvgIpc) is 3.03. The van der Waals surface area contributed by atoms with E-state index in [-0.39, 0.29) is 22.1 Å². The molecule has 0 aliphatic rings. The highest BCUT2D eigenvalue weighted by Crippen LogP contribution is 2.23. The number of carbonyl (C=O) groups is 2. The molecule has 3 aromatic rings. The zero-order chi connectivity index (χ0) is 18.0. The summed E-state index contributed by atoms with van der Waals surface area (Å²) < 4.78 is 4.99. The summed E-state index contributed by atoms with van der Waals surface area (Å²) in [6, 6.07) is 10.6. The summed E-state index contributed by atoms with van der Waals surface area (Å²) in [5.41, 5.74) is 0.934. The largest absolute Gasteiger partial charge is 0.454 e. The highest BCUT2D eigenvalue weighted by Gasteiger charge is 2.18. The number of nitro benzene ring substituents is 1. The van der Waals surface area contributed by atoms with Crippen LogP contribution < -0.4 is 0 Å². The quantitative estimate of drug-likeness (QED) is 0.323. The molecule has 1 N–H and O–H groups in total. The van der Waals surface area contributed by atoms with E-state index in [1.54, 1.807) is 18.3 Å². The third-order valence-electron chi connectivity index (χ3n) is 3.61. The predicted molar refractivity (Wildman–Crippen MR) is 91.0 cm³/mol. The Balaban J connectivity index is 1.72. The van der Waals surface area contributed by atoms with Crippen molar-refractivity contribution in [3.63, 3.8) is 0 Å². The van der Waals surface area contributed by atoms with Gasteiger partial charge in [0.15, 0.2) is 6.61 Å². The summed E-state index contributed by atoms with van der Waals surface area (Å²) in [5, 5.41) is 11.3. The first kappa shape index (κ1) is 16.7. The van der Waals surface area contributed by atoms with Crippen LogP contribution in [0.1, 0.15) is 20.7 Å². The van der Waals surface area contributed by atoms with Crippen molar-refractivity contribution in [2.75, 3.05) is 6.61 Å². The van der Waals surface area contributed by atoms with E-state index in [4.69, 9.17) is 16.3 Å². The van der Waals surface area contributed by atoms with Crippen molar-refractivity contribution in [1.82, 2.24) is 4.98 Å². The second-order valence-electron chi connectivity index (χ2n) is 5.17. The summed E-state index contributed by atoms with van der Waals surface area (Å²) in [6.07, 6.45) is 1.56. The minimum Gasteiger partial charge on any atom is -0.454 e. The smallest absolute Gasteiger partial charge is 0.340 e. The molecule has 0 saturated carbocycles. The number of carbonyl (C=O) groups excluding carboxylic acids is 2. The van der Waals surface area contributed by atoms with Gasteiger partial charge in [0, 0.05) is 34.8 Å². The first-order chi connectivity index (χ1) is 12.0. The highest BCUT2D eigenvalue weighted by atomic mass is 35.5. The van der Waals surface area contributed by atoms with E-state index < -0.39 is 17.5 Å². The van der Waals surface area contributed by atoms with Crippen molar-refractivity contribution < 1.29 is 19.2 Å². The minimum atomic E-state index is -0.826. The number of non-ortho nitro benzene ring substituents is 1. The number of nitrogens with zero attached hydrogens (tertiary/aromatic N) is 1. The fraction of sp³-hybridized carbons (Fsp3) is 0.0588. The van der Waals surface area contributed by atoms with Crippen molar-refractivity contribution in [3.05, 3.63) is 74.9 Å². The van der Waals surface area contributed by atoms with Gasteiger partial charge in [-0.05, 0) is 12.1 Å². The van der Waals surface area contributed by atoms with Gasteiger partial charge in [-0.1, -0.05) is 29.8 Å². The molecule has 126 valence electrons. The van der Waals surface area contributed by atoms with Crippen LogP contribution in [0.2, 0.25) is 5.02 Å². The third-order valence-corrected chi connectivity index (χ3v) is 3.92. The van der Waals surface area contributed by atoms with Gasteiger partial charge in [-0.2, -0.15) is 0 Å². The molecule has 0 amide bonds. The number of hydrogen-bond donors (Lipinski definition) is 1. The van der Waals surface area contributed by atoms with E-state index in [2.05, 4.69) is 4.98 Å². The number of halogens is 1. The number of aromatic nitrogens is 1. The van der Waals surface area contributed by atoms with E-state index in [0.717, 1.165) is 23.0 Å². The van der Waals surface area contributed by atoms with Crippen LogP contribution in [0, 0.1) is 10.1 Å².